The minimum absolute atomic E-state index is 0.206. The SMILES string of the molecule is CCC(O)Cn1ncc2ncc(Br)cc2c1=O. The summed E-state index contributed by atoms with van der Waals surface area (Å²) in [5.41, 5.74) is 0.323. The molecule has 0 aliphatic carbocycles. The van der Waals surface area contributed by atoms with Gasteiger partial charge < -0.3 is 5.11 Å². The van der Waals surface area contributed by atoms with Gasteiger partial charge >= 0.3 is 0 Å². The van der Waals surface area contributed by atoms with Crippen LogP contribution in [0.4, 0.5) is 0 Å². The van der Waals surface area contributed by atoms with Crippen molar-refractivity contribution in [1.82, 2.24) is 14.8 Å². The van der Waals surface area contributed by atoms with E-state index >= 15 is 0 Å². The number of aliphatic hydroxyl groups is 1. The third-order valence-electron chi connectivity index (χ3n) is 2.52. The van der Waals surface area contributed by atoms with Crippen LogP contribution in [0.3, 0.4) is 0 Å². The number of hydrogen-bond donors (Lipinski definition) is 1. The number of hydrogen-bond acceptors (Lipinski definition) is 4. The van der Waals surface area contributed by atoms with Gasteiger partial charge in [0.25, 0.3) is 5.56 Å². The van der Waals surface area contributed by atoms with Crippen LogP contribution in [0.1, 0.15) is 13.3 Å². The highest BCUT2D eigenvalue weighted by Crippen LogP contribution is 2.12. The minimum Gasteiger partial charge on any atom is -0.391 e. The fourth-order valence-electron chi connectivity index (χ4n) is 1.50. The molecular formula is C11H12BrN3O2. The molecule has 0 aliphatic rings. The maximum absolute atomic E-state index is 12.1. The standard InChI is InChI=1S/C11H12BrN3O2/c1-2-8(16)6-15-11(17)9-3-7(12)4-13-10(9)5-14-15/h3-5,8,16H,2,6H2,1H3. The second kappa shape index (κ2) is 4.93. The number of fused-ring (bicyclic) bond motifs is 1. The Labute approximate surface area is 106 Å². The fraction of sp³-hybridized carbons (Fsp3) is 0.364. The zero-order valence-electron chi connectivity index (χ0n) is 9.30. The summed E-state index contributed by atoms with van der Waals surface area (Å²) in [5.74, 6) is 0. The second-order valence-electron chi connectivity index (χ2n) is 3.78. The van der Waals surface area contributed by atoms with Crippen LogP contribution in [0.5, 0.6) is 0 Å². The van der Waals surface area contributed by atoms with Crippen LogP contribution in [0.25, 0.3) is 10.9 Å². The smallest absolute Gasteiger partial charge is 0.276 e. The molecule has 1 N–H and O–H groups in total. The lowest BCUT2D eigenvalue weighted by Crippen LogP contribution is -2.28. The predicted molar refractivity (Wildman–Crippen MR) is 67.8 cm³/mol. The Morgan fingerprint density at radius 2 is 2.29 bits per heavy atom. The Morgan fingerprint density at radius 1 is 1.53 bits per heavy atom. The normalized spacial score (nSPS) is 12.9. The Morgan fingerprint density at radius 3 is 3.00 bits per heavy atom. The van der Waals surface area contributed by atoms with E-state index in [9.17, 15) is 9.90 Å². The van der Waals surface area contributed by atoms with Crippen molar-refractivity contribution in [2.75, 3.05) is 0 Å². The Bertz CT molecular complexity index is 597. The van der Waals surface area contributed by atoms with Crippen molar-refractivity contribution in [3.05, 3.63) is 33.3 Å². The minimum atomic E-state index is -0.558. The van der Waals surface area contributed by atoms with Crippen LogP contribution in [-0.4, -0.2) is 26.0 Å². The molecule has 2 rings (SSSR count). The first-order chi connectivity index (χ1) is 8.11. The number of pyridine rings is 1. The molecular weight excluding hydrogens is 286 g/mol. The highest BCUT2D eigenvalue weighted by Gasteiger charge is 2.08. The second-order valence-corrected chi connectivity index (χ2v) is 4.70. The van der Waals surface area contributed by atoms with Crippen molar-refractivity contribution in [3.63, 3.8) is 0 Å². The molecule has 0 fully saturated rings. The first-order valence-electron chi connectivity index (χ1n) is 5.31. The zero-order valence-corrected chi connectivity index (χ0v) is 10.9. The zero-order chi connectivity index (χ0) is 12.4. The van der Waals surface area contributed by atoms with Gasteiger partial charge in [-0.25, -0.2) is 4.68 Å². The molecule has 0 saturated carbocycles. The van der Waals surface area contributed by atoms with E-state index in [1.165, 1.54) is 10.9 Å². The average Bonchev–Trinajstić information content (AvgIpc) is 2.33. The van der Waals surface area contributed by atoms with Crippen LogP contribution < -0.4 is 5.56 Å². The van der Waals surface area contributed by atoms with Crippen LogP contribution in [0.2, 0.25) is 0 Å². The molecule has 0 spiro atoms. The van der Waals surface area contributed by atoms with E-state index in [2.05, 4.69) is 26.0 Å². The van der Waals surface area contributed by atoms with Crippen LogP contribution >= 0.6 is 15.9 Å². The summed E-state index contributed by atoms with van der Waals surface area (Å²) < 4.78 is 2.01. The largest absolute Gasteiger partial charge is 0.391 e. The van der Waals surface area contributed by atoms with Gasteiger partial charge in [-0.1, -0.05) is 6.92 Å². The number of rotatable bonds is 3. The average molecular weight is 298 g/mol. The number of nitrogens with zero attached hydrogens (tertiary/aromatic N) is 3. The quantitative estimate of drug-likeness (QED) is 0.928. The summed E-state index contributed by atoms with van der Waals surface area (Å²) in [6, 6.07) is 1.71. The highest BCUT2D eigenvalue weighted by molar-refractivity contribution is 9.10. The number of aromatic nitrogens is 3. The molecule has 1 unspecified atom stereocenters. The number of aliphatic hydroxyl groups excluding tert-OH is 1. The first kappa shape index (κ1) is 12.2. The highest BCUT2D eigenvalue weighted by atomic mass is 79.9. The van der Waals surface area contributed by atoms with Gasteiger partial charge in [-0.05, 0) is 28.4 Å². The maximum atomic E-state index is 12.1. The summed E-state index contributed by atoms with van der Waals surface area (Å²) >= 11 is 3.28. The van der Waals surface area contributed by atoms with E-state index in [0.29, 0.717) is 17.3 Å². The van der Waals surface area contributed by atoms with E-state index in [1.807, 2.05) is 6.92 Å². The first-order valence-corrected chi connectivity index (χ1v) is 6.10. The van der Waals surface area contributed by atoms with E-state index in [4.69, 9.17) is 0 Å². The van der Waals surface area contributed by atoms with Crippen molar-refractivity contribution < 1.29 is 5.11 Å². The van der Waals surface area contributed by atoms with Gasteiger partial charge in [0.2, 0.25) is 0 Å². The molecule has 2 aromatic heterocycles. The molecule has 2 aromatic rings. The molecule has 0 radical (unpaired) electrons. The van der Waals surface area contributed by atoms with Crippen LogP contribution in [-0.2, 0) is 6.54 Å². The molecule has 1 atom stereocenters. The number of halogens is 1. The summed E-state index contributed by atoms with van der Waals surface area (Å²) in [7, 11) is 0. The molecule has 2 heterocycles. The van der Waals surface area contributed by atoms with E-state index < -0.39 is 6.10 Å². The van der Waals surface area contributed by atoms with Crippen LogP contribution in [0, 0.1) is 0 Å². The van der Waals surface area contributed by atoms with E-state index in [0.717, 1.165) is 4.47 Å². The van der Waals surface area contributed by atoms with E-state index in [-0.39, 0.29) is 12.1 Å². The van der Waals surface area contributed by atoms with Gasteiger partial charge in [0.15, 0.2) is 0 Å². The Hall–Kier alpha value is -1.27. The monoisotopic (exact) mass is 297 g/mol. The molecule has 0 saturated heterocycles. The van der Waals surface area contributed by atoms with Gasteiger partial charge in [-0.2, -0.15) is 5.10 Å². The van der Waals surface area contributed by atoms with Gasteiger partial charge in [-0.15, -0.1) is 0 Å². The molecule has 17 heavy (non-hydrogen) atoms. The third-order valence-corrected chi connectivity index (χ3v) is 2.96. The summed E-state index contributed by atoms with van der Waals surface area (Å²) in [5, 5.41) is 14.0. The van der Waals surface area contributed by atoms with Crippen molar-refractivity contribution in [2.45, 2.75) is 26.0 Å². The van der Waals surface area contributed by atoms with Crippen molar-refractivity contribution in [3.8, 4) is 0 Å². The van der Waals surface area contributed by atoms with Crippen LogP contribution in [0.15, 0.2) is 27.7 Å². The molecule has 0 aromatic carbocycles. The third kappa shape index (κ3) is 2.53. The van der Waals surface area contributed by atoms with Gasteiger partial charge in [-0.3, -0.25) is 9.78 Å². The van der Waals surface area contributed by atoms with Crippen molar-refractivity contribution in [1.29, 1.82) is 0 Å². The molecule has 0 aliphatic heterocycles. The summed E-state index contributed by atoms with van der Waals surface area (Å²) in [6.45, 7) is 2.06. The lowest BCUT2D eigenvalue weighted by Gasteiger charge is -2.09. The maximum Gasteiger partial charge on any atom is 0.276 e. The fourth-order valence-corrected chi connectivity index (χ4v) is 1.83. The topological polar surface area (TPSA) is 68.0 Å². The van der Waals surface area contributed by atoms with Gasteiger partial charge in [0, 0.05) is 10.7 Å². The van der Waals surface area contributed by atoms with Crippen molar-refractivity contribution >= 4 is 26.8 Å². The molecule has 90 valence electrons. The molecule has 0 bridgehead atoms. The Kier molecular flexibility index (Phi) is 3.54. The molecule has 5 nitrogen and oxygen atoms in total. The lowest BCUT2D eigenvalue weighted by molar-refractivity contribution is 0.143. The summed E-state index contributed by atoms with van der Waals surface area (Å²) in [6.07, 6.45) is 3.18. The van der Waals surface area contributed by atoms with Crippen molar-refractivity contribution in [2.24, 2.45) is 0 Å². The van der Waals surface area contributed by atoms with E-state index in [1.54, 1.807) is 12.3 Å². The van der Waals surface area contributed by atoms with Gasteiger partial charge in [0.1, 0.15) is 0 Å². The summed E-state index contributed by atoms with van der Waals surface area (Å²) in [4.78, 5) is 16.2. The molecule has 6 heteroatoms. The lowest BCUT2D eigenvalue weighted by atomic mass is 10.2. The van der Waals surface area contributed by atoms with Gasteiger partial charge in [0.05, 0.1) is 29.7 Å². The molecule has 0 amide bonds. The Balaban J connectivity index is 2.53. The predicted octanol–water partition coefficient (Wildman–Crippen LogP) is 1.32.